The maximum absolute atomic E-state index is 13.1. The number of aryl methyl sites for hydroxylation is 1. The van der Waals surface area contributed by atoms with Crippen LogP contribution in [0.1, 0.15) is 16.7 Å². The second-order valence-corrected chi connectivity index (χ2v) is 5.13. The van der Waals surface area contributed by atoms with Gasteiger partial charge in [0.25, 0.3) is 0 Å². The summed E-state index contributed by atoms with van der Waals surface area (Å²) in [6.45, 7) is 3.58. The molecule has 0 aliphatic carbocycles. The lowest BCUT2D eigenvalue weighted by Gasteiger charge is -2.06. The zero-order valence-corrected chi connectivity index (χ0v) is 11.7. The van der Waals surface area contributed by atoms with Crippen molar-refractivity contribution in [1.82, 2.24) is 5.32 Å². The second-order valence-electron chi connectivity index (χ2n) is 4.69. The third-order valence-electron chi connectivity index (χ3n) is 2.92. The van der Waals surface area contributed by atoms with Gasteiger partial charge in [0.15, 0.2) is 0 Å². The van der Waals surface area contributed by atoms with Gasteiger partial charge in [-0.25, -0.2) is 4.39 Å². The molecule has 0 atom stereocenters. The molecule has 0 aromatic heterocycles. The minimum absolute atomic E-state index is 0.289. The Morgan fingerprint density at radius 3 is 2.68 bits per heavy atom. The first-order valence-electron chi connectivity index (χ1n) is 6.35. The van der Waals surface area contributed by atoms with Gasteiger partial charge >= 0.3 is 0 Å². The summed E-state index contributed by atoms with van der Waals surface area (Å²) >= 11 is 5.81. The molecule has 0 saturated carbocycles. The van der Waals surface area contributed by atoms with Crippen molar-refractivity contribution in [2.45, 2.75) is 19.9 Å². The first-order valence-corrected chi connectivity index (χ1v) is 6.72. The molecule has 3 heteroatoms. The van der Waals surface area contributed by atoms with Crippen LogP contribution in [0.5, 0.6) is 0 Å². The topological polar surface area (TPSA) is 12.0 Å². The molecule has 2 aromatic rings. The third-order valence-corrected chi connectivity index (χ3v) is 3.14. The van der Waals surface area contributed by atoms with Crippen molar-refractivity contribution in [3.05, 3.63) is 70.0 Å². The normalized spacial score (nSPS) is 10.7. The van der Waals surface area contributed by atoms with Gasteiger partial charge < -0.3 is 5.32 Å². The van der Waals surface area contributed by atoms with E-state index in [0.717, 1.165) is 18.5 Å². The van der Waals surface area contributed by atoms with Crippen LogP contribution in [0, 0.1) is 12.7 Å². The van der Waals surface area contributed by atoms with E-state index in [9.17, 15) is 4.39 Å². The lowest BCUT2D eigenvalue weighted by Crippen LogP contribution is -2.16. The smallest absolute Gasteiger partial charge is 0.125 e. The molecule has 0 aliphatic rings. The van der Waals surface area contributed by atoms with E-state index in [0.29, 0.717) is 11.6 Å². The van der Waals surface area contributed by atoms with Crippen LogP contribution in [0.15, 0.2) is 42.5 Å². The lowest BCUT2D eigenvalue weighted by atomic mass is 10.1. The Kier molecular flexibility index (Phi) is 4.94. The Morgan fingerprint density at radius 1 is 1.11 bits per heavy atom. The fourth-order valence-electron chi connectivity index (χ4n) is 2.05. The van der Waals surface area contributed by atoms with Gasteiger partial charge in [-0.15, -0.1) is 0 Å². The molecule has 1 N–H and O–H groups in total. The van der Waals surface area contributed by atoms with Crippen molar-refractivity contribution >= 4 is 11.6 Å². The predicted molar refractivity (Wildman–Crippen MR) is 78.0 cm³/mol. The molecule has 1 nitrogen and oxygen atoms in total. The predicted octanol–water partition coefficient (Wildman–Crippen LogP) is 4.12. The van der Waals surface area contributed by atoms with E-state index >= 15 is 0 Å². The Morgan fingerprint density at radius 2 is 1.95 bits per heavy atom. The fraction of sp³-hybridized carbons (Fsp3) is 0.250. The summed E-state index contributed by atoms with van der Waals surface area (Å²) in [6.07, 6.45) is 0.963. The summed E-state index contributed by atoms with van der Waals surface area (Å²) in [4.78, 5) is 0. The van der Waals surface area contributed by atoms with Crippen LogP contribution in [0.4, 0.5) is 4.39 Å². The molecular weight excluding hydrogens is 261 g/mol. The fourth-order valence-corrected chi connectivity index (χ4v) is 2.29. The van der Waals surface area contributed by atoms with Crippen molar-refractivity contribution in [2.24, 2.45) is 0 Å². The molecule has 0 aliphatic heterocycles. The van der Waals surface area contributed by atoms with Gasteiger partial charge in [0.1, 0.15) is 5.82 Å². The first kappa shape index (κ1) is 14.0. The van der Waals surface area contributed by atoms with E-state index in [1.165, 1.54) is 23.3 Å². The zero-order chi connectivity index (χ0) is 13.7. The zero-order valence-electron chi connectivity index (χ0n) is 10.9. The van der Waals surface area contributed by atoms with Crippen LogP contribution in [-0.4, -0.2) is 6.54 Å². The number of hydrogen-bond donors (Lipinski definition) is 1. The largest absolute Gasteiger partial charge is 0.312 e. The highest BCUT2D eigenvalue weighted by Gasteiger charge is 1.99. The molecule has 0 bridgehead atoms. The van der Waals surface area contributed by atoms with E-state index in [-0.39, 0.29) is 5.82 Å². The summed E-state index contributed by atoms with van der Waals surface area (Å²) in [5.41, 5.74) is 3.45. The SMILES string of the molecule is Cc1cccc(CCNCc2cc(F)cc(Cl)c2)c1. The van der Waals surface area contributed by atoms with Crippen LogP contribution < -0.4 is 5.32 Å². The first-order chi connectivity index (χ1) is 9.13. The highest BCUT2D eigenvalue weighted by atomic mass is 35.5. The average Bonchev–Trinajstić information content (AvgIpc) is 2.34. The Hall–Kier alpha value is -1.38. The van der Waals surface area contributed by atoms with E-state index < -0.39 is 0 Å². The quantitative estimate of drug-likeness (QED) is 0.811. The van der Waals surface area contributed by atoms with Gasteiger partial charge in [-0.2, -0.15) is 0 Å². The molecule has 2 rings (SSSR count). The van der Waals surface area contributed by atoms with Crippen molar-refractivity contribution < 1.29 is 4.39 Å². The van der Waals surface area contributed by atoms with E-state index in [2.05, 4.69) is 36.5 Å². The molecule has 0 radical (unpaired) electrons. The van der Waals surface area contributed by atoms with Gasteiger partial charge in [-0.1, -0.05) is 41.4 Å². The van der Waals surface area contributed by atoms with Crippen molar-refractivity contribution in [3.8, 4) is 0 Å². The monoisotopic (exact) mass is 277 g/mol. The minimum atomic E-state index is -0.289. The molecule has 0 heterocycles. The van der Waals surface area contributed by atoms with Gasteiger partial charge in [-0.05, 0) is 49.2 Å². The number of halogens is 2. The highest BCUT2D eigenvalue weighted by molar-refractivity contribution is 6.30. The second kappa shape index (κ2) is 6.69. The maximum atomic E-state index is 13.1. The number of benzene rings is 2. The van der Waals surface area contributed by atoms with Gasteiger partial charge in [-0.3, -0.25) is 0 Å². The molecule has 0 fully saturated rings. The number of hydrogen-bond acceptors (Lipinski definition) is 1. The molecule has 0 unspecified atom stereocenters. The van der Waals surface area contributed by atoms with Crippen LogP contribution in [0.25, 0.3) is 0 Å². The van der Waals surface area contributed by atoms with Gasteiger partial charge in [0.05, 0.1) is 0 Å². The van der Waals surface area contributed by atoms with Gasteiger partial charge in [0.2, 0.25) is 0 Å². The molecule has 19 heavy (non-hydrogen) atoms. The summed E-state index contributed by atoms with van der Waals surface area (Å²) in [5.74, 6) is -0.289. The Bertz CT molecular complexity index is 534. The van der Waals surface area contributed by atoms with Gasteiger partial charge in [0, 0.05) is 11.6 Å². The van der Waals surface area contributed by atoms with Crippen molar-refractivity contribution in [1.29, 1.82) is 0 Å². The standard InChI is InChI=1S/C16H17ClFN/c1-12-3-2-4-13(7-12)5-6-19-11-14-8-15(17)10-16(18)9-14/h2-4,7-10,19H,5-6,11H2,1H3. The minimum Gasteiger partial charge on any atom is -0.312 e. The molecule has 100 valence electrons. The molecule has 0 saturated heterocycles. The van der Waals surface area contributed by atoms with Crippen molar-refractivity contribution in [3.63, 3.8) is 0 Å². The molecular formula is C16H17ClFN. The highest BCUT2D eigenvalue weighted by Crippen LogP contribution is 2.13. The lowest BCUT2D eigenvalue weighted by molar-refractivity contribution is 0.620. The average molecular weight is 278 g/mol. The summed E-state index contributed by atoms with van der Waals surface area (Å²) in [5, 5.41) is 3.74. The maximum Gasteiger partial charge on any atom is 0.125 e. The summed E-state index contributed by atoms with van der Waals surface area (Å²) < 4.78 is 13.1. The summed E-state index contributed by atoms with van der Waals surface area (Å²) in [6, 6.07) is 13.1. The van der Waals surface area contributed by atoms with Crippen LogP contribution in [0.3, 0.4) is 0 Å². The van der Waals surface area contributed by atoms with Crippen LogP contribution in [0.2, 0.25) is 5.02 Å². The van der Waals surface area contributed by atoms with Crippen molar-refractivity contribution in [2.75, 3.05) is 6.54 Å². The molecule has 0 amide bonds. The number of nitrogens with one attached hydrogen (secondary N) is 1. The Labute approximate surface area is 118 Å². The molecule has 0 spiro atoms. The number of rotatable bonds is 5. The van der Waals surface area contributed by atoms with E-state index in [1.807, 2.05) is 0 Å². The van der Waals surface area contributed by atoms with E-state index in [4.69, 9.17) is 11.6 Å². The Balaban J connectivity index is 1.80. The summed E-state index contributed by atoms with van der Waals surface area (Å²) in [7, 11) is 0. The molecule has 2 aromatic carbocycles. The van der Waals surface area contributed by atoms with E-state index in [1.54, 1.807) is 6.07 Å². The van der Waals surface area contributed by atoms with Crippen LogP contribution in [-0.2, 0) is 13.0 Å². The van der Waals surface area contributed by atoms with Crippen LogP contribution >= 0.6 is 11.6 Å². The third kappa shape index (κ3) is 4.66.